The molecule has 0 amide bonds. The number of nitrogens with zero attached hydrogens (tertiary/aromatic N) is 3. The minimum atomic E-state index is -3.53. The summed E-state index contributed by atoms with van der Waals surface area (Å²) in [5.74, 6) is -0.672. The van der Waals surface area contributed by atoms with Gasteiger partial charge in [-0.2, -0.15) is 0 Å². The van der Waals surface area contributed by atoms with E-state index in [1.807, 2.05) is 44.3 Å². The number of aryl methyl sites for hydroxylation is 1. The zero-order valence-electron chi connectivity index (χ0n) is 20.3. The molecule has 1 aliphatic rings. The summed E-state index contributed by atoms with van der Waals surface area (Å²) in [5.41, 5.74) is 3.98. The topological polar surface area (TPSA) is 103 Å². The number of nitrogens with one attached hydrogen (secondary N) is 1. The van der Waals surface area contributed by atoms with E-state index in [1.54, 1.807) is 10.7 Å². The lowest BCUT2D eigenvalue weighted by molar-refractivity contribution is -0.140. The Labute approximate surface area is 211 Å². The van der Waals surface area contributed by atoms with Crippen LogP contribution in [0.1, 0.15) is 68.1 Å². The number of rotatable bonds is 8. The van der Waals surface area contributed by atoms with Crippen molar-refractivity contribution < 1.29 is 17.9 Å². The minimum absolute atomic E-state index is 0.0821. The zero-order valence-corrected chi connectivity index (χ0v) is 21.8. The molecule has 1 aromatic heterocycles. The van der Waals surface area contributed by atoms with Crippen molar-refractivity contribution in [3.8, 4) is 0 Å². The van der Waals surface area contributed by atoms with Crippen molar-refractivity contribution >= 4 is 38.6 Å². The highest BCUT2D eigenvalue weighted by molar-refractivity contribution is 7.90. The maximum atomic E-state index is 13.1. The summed E-state index contributed by atoms with van der Waals surface area (Å²) in [6, 6.07) is 11.2. The molecule has 8 nitrogen and oxygen atoms in total. The third-order valence-electron chi connectivity index (χ3n) is 7.12. The fraction of sp³-hybridized carbons (Fsp3) is 0.480. The van der Waals surface area contributed by atoms with Gasteiger partial charge in [0.05, 0.1) is 23.8 Å². The first kappa shape index (κ1) is 25.6. The molecule has 1 unspecified atom stereocenters. The summed E-state index contributed by atoms with van der Waals surface area (Å²) >= 11 is 6.46. The van der Waals surface area contributed by atoms with E-state index < -0.39 is 14.8 Å². The number of hydrogen-bond acceptors (Lipinski definition) is 6. The van der Waals surface area contributed by atoms with Gasteiger partial charge in [-0.1, -0.05) is 54.3 Å². The molecular formula is C25H31ClN4O4S. The molecule has 4 rings (SSSR count). The third-order valence-corrected chi connectivity index (χ3v) is 9.72. The first-order chi connectivity index (χ1) is 16.6. The van der Waals surface area contributed by atoms with Crippen molar-refractivity contribution in [1.82, 2.24) is 19.7 Å². The number of esters is 1. The van der Waals surface area contributed by atoms with Crippen molar-refractivity contribution in [3.05, 3.63) is 58.1 Å². The van der Waals surface area contributed by atoms with E-state index in [1.165, 1.54) is 7.11 Å². The van der Waals surface area contributed by atoms with Gasteiger partial charge in [-0.25, -0.2) is 17.8 Å². The molecule has 0 radical (unpaired) electrons. The number of halogens is 1. The van der Waals surface area contributed by atoms with Gasteiger partial charge in [0.1, 0.15) is 5.52 Å². The summed E-state index contributed by atoms with van der Waals surface area (Å²) in [5, 5.41) is 8.71. The van der Waals surface area contributed by atoms with Crippen LogP contribution in [0.2, 0.25) is 5.02 Å². The summed E-state index contributed by atoms with van der Waals surface area (Å²) in [4.78, 5) is 12.3. The Hall–Kier alpha value is -2.49. The van der Waals surface area contributed by atoms with Crippen LogP contribution in [-0.2, 0) is 33.1 Å². The number of ether oxygens (including phenoxy) is 1. The quantitative estimate of drug-likeness (QED) is 0.442. The second-order valence-electron chi connectivity index (χ2n) is 9.48. The van der Waals surface area contributed by atoms with Gasteiger partial charge in [0.25, 0.3) is 0 Å². The van der Waals surface area contributed by atoms with Gasteiger partial charge in [0.15, 0.2) is 0 Å². The van der Waals surface area contributed by atoms with E-state index in [-0.39, 0.29) is 24.9 Å². The van der Waals surface area contributed by atoms with Crippen LogP contribution in [0, 0.1) is 0 Å². The second-order valence-corrected chi connectivity index (χ2v) is 12.2. The smallest absolute Gasteiger partial charge is 0.306 e. The highest BCUT2D eigenvalue weighted by atomic mass is 35.5. The van der Waals surface area contributed by atoms with Crippen LogP contribution in [0.3, 0.4) is 0 Å². The zero-order chi connectivity index (χ0) is 25.2. The van der Waals surface area contributed by atoms with Crippen LogP contribution >= 0.6 is 11.6 Å². The van der Waals surface area contributed by atoms with E-state index in [2.05, 4.69) is 15.0 Å². The van der Waals surface area contributed by atoms with Crippen LogP contribution in [0.5, 0.6) is 0 Å². The number of methoxy groups -OCH3 is 1. The number of sulfonamides is 1. The highest BCUT2D eigenvalue weighted by Crippen LogP contribution is 2.35. The molecule has 1 saturated carbocycles. The maximum absolute atomic E-state index is 13.1. The molecule has 35 heavy (non-hydrogen) atoms. The van der Waals surface area contributed by atoms with Gasteiger partial charge in [0.2, 0.25) is 10.0 Å². The normalized spacial score (nSPS) is 16.8. The number of carbonyl (C=O) groups excluding carboxylic acids is 1. The molecule has 0 spiro atoms. The lowest BCUT2D eigenvalue weighted by atomic mass is 9.87. The summed E-state index contributed by atoms with van der Waals surface area (Å²) < 4.78 is 34.9. The van der Waals surface area contributed by atoms with Crippen LogP contribution in [-0.4, -0.2) is 41.2 Å². The monoisotopic (exact) mass is 518 g/mol. The van der Waals surface area contributed by atoms with E-state index in [0.717, 1.165) is 41.4 Å². The molecule has 1 atom stereocenters. The van der Waals surface area contributed by atoms with E-state index in [9.17, 15) is 13.2 Å². The molecule has 0 aliphatic heterocycles. The van der Waals surface area contributed by atoms with Crippen molar-refractivity contribution in [2.45, 2.75) is 62.7 Å². The van der Waals surface area contributed by atoms with Gasteiger partial charge in [-0.15, -0.1) is 5.10 Å². The van der Waals surface area contributed by atoms with Gasteiger partial charge >= 0.3 is 5.97 Å². The lowest BCUT2D eigenvalue weighted by Crippen LogP contribution is -2.45. The molecule has 188 valence electrons. The largest absolute Gasteiger partial charge is 0.469 e. The molecule has 0 bridgehead atoms. The Morgan fingerprint density at radius 1 is 1.17 bits per heavy atom. The molecule has 1 heterocycles. The first-order valence-corrected chi connectivity index (χ1v) is 13.6. The molecule has 2 aromatic carbocycles. The molecular weight excluding hydrogens is 488 g/mol. The van der Waals surface area contributed by atoms with Crippen LogP contribution in [0.4, 0.5) is 0 Å². The maximum Gasteiger partial charge on any atom is 0.306 e. The van der Waals surface area contributed by atoms with E-state index in [0.29, 0.717) is 23.4 Å². The second kappa shape index (κ2) is 10.2. The molecule has 10 heteroatoms. The fourth-order valence-electron chi connectivity index (χ4n) is 4.81. The Kier molecular flexibility index (Phi) is 7.49. The highest BCUT2D eigenvalue weighted by Gasteiger charge is 2.39. The predicted octanol–water partition coefficient (Wildman–Crippen LogP) is 4.46. The number of benzene rings is 2. The van der Waals surface area contributed by atoms with Gasteiger partial charge < -0.3 is 4.74 Å². The minimum Gasteiger partial charge on any atom is -0.469 e. The van der Waals surface area contributed by atoms with Gasteiger partial charge in [-0.05, 0) is 54.7 Å². The molecule has 1 fully saturated rings. The van der Waals surface area contributed by atoms with Crippen molar-refractivity contribution in [3.63, 3.8) is 0 Å². The Morgan fingerprint density at radius 3 is 2.57 bits per heavy atom. The Bertz CT molecular complexity index is 1330. The van der Waals surface area contributed by atoms with Crippen LogP contribution in [0.25, 0.3) is 11.0 Å². The molecule has 1 N–H and O–H groups in total. The van der Waals surface area contributed by atoms with E-state index in [4.69, 9.17) is 16.3 Å². The van der Waals surface area contributed by atoms with Crippen molar-refractivity contribution in [1.29, 1.82) is 0 Å². The summed E-state index contributed by atoms with van der Waals surface area (Å²) in [6.07, 6.45) is 4.33. The molecule has 1 aliphatic carbocycles. The van der Waals surface area contributed by atoms with Crippen molar-refractivity contribution in [2.75, 3.05) is 7.11 Å². The number of carbonyl (C=O) groups is 1. The van der Waals surface area contributed by atoms with Crippen LogP contribution < -0.4 is 4.72 Å². The van der Waals surface area contributed by atoms with Gasteiger partial charge in [-0.3, -0.25) is 4.79 Å². The number of aromatic nitrogens is 3. The van der Waals surface area contributed by atoms with Crippen molar-refractivity contribution in [2.24, 2.45) is 7.05 Å². The summed E-state index contributed by atoms with van der Waals surface area (Å²) in [7, 11) is -0.347. The predicted molar refractivity (Wildman–Crippen MR) is 136 cm³/mol. The SMILES string of the molecule is COC(=O)CC(c1ccc(Cl)c(CNS(=O)(=O)C2(C)CCCCC2)c1)c1ccc2c(c1)nnn2C. The Balaban J connectivity index is 1.64. The average Bonchev–Trinajstić information content (AvgIpc) is 3.22. The average molecular weight is 519 g/mol. The van der Waals surface area contributed by atoms with Gasteiger partial charge in [0, 0.05) is 24.5 Å². The van der Waals surface area contributed by atoms with E-state index >= 15 is 0 Å². The third kappa shape index (κ3) is 5.37. The fourth-order valence-corrected chi connectivity index (χ4v) is 6.52. The number of fused-ring (bicyclic) bond motifs is 1. The standard InChI is InChI=1S/C25H31ClN4O4S/c1-25(11-5-4-6-12-25)35(32,33)27-16-19-13-17(7-9-21(19)26)20(15-24(31)34-3)18-8-10-23-22(14-18)28-29-30(23)2/h7-10,13-14,20,27H,4-6,11-12,15-16H2,1-3H3. The molecule has 3 aromatic rings. The first-order valence-electron chi connectivity index (χ1n) is 11.8. The summed E-state index contributed by atoms with van der Waals surface area (Å²) in [6.45, 7) is 1.90. The Morgan fingerprint density at radius 2 is 1.86 bits per heavy atom. The molecule has 0 saturated heterocycles. The number of hydrogen-bond donors (Lipinski definition) is 1. The lowest BCUT2D eigenvalue weighted by Gasteiger charge is -2.33. The van der Waals surface area contributed by atoms with Crippen LogP contribution in [0.15, 0.2) is 36.4 Å².